The van der Waals surface area contributed by atoms with Crippen LogP contribution >= 0.6 is 15.9 Å². The molecule has 1 rings (SSSR count). The molecule has 0 N–H and O–H groups in total. The zero-order chi connectivity index (χ0) is 13.9. The van der Waals surface area contributed by atoms with Crippen LogP contribution < -0.4 is 0 Å². The molecule has 0 aliphatic carbocycles. The highest BCUT2D eigenvalue weighted by molar-refractivity contribution is 9.09. The lowest BCUT2D eigenvalue weighted by Gasteiger charge is -2.22. The maximum atomic E-state index is 12.2. The zero-order valence-corrected chi connectivity index (χ0v) is 12.9. The van der Waals surface area contributed by atoms with Crippen LogP contribution in [0.15, 0.2) is 24.4 Å². The summed E-state index contributed by atoms with van der Waals surface area (Å²) >= 11 is 3.38. The summed E-state index contributed by atoms with van der Waals surface area (Å²) in [6.45, 7) is 1.72. The molecule has 0 saturated carbocycles. The first kappa shape index (κ1) is 16.1. The molecule has 0 unspecified atom stereocenters. The summed E-state index contributed by atoms with van der Waals surface area (Å²) in [4.78, 5) is 18.2. The first-order valence-corrected chi connectivity index (χ1v) is 7.62. The Morgan fingerprint density at radius 2 is 2.26 bits per heavy atom. The third kappa shape index (κ3) is 6.68. The van der Waals surface area contributed by atoms with E-state index in [1.165, 1.54) is 0 Å². The van der Waals surface area contributed by atoms with Crippen LogP contribution in [0.2, 0.25) is 0 Å². The van der Waals surface area contributed by atoms with Gasteiger partial charge in [-0.2, -0.15) is 0 Å². The van der Waals surface area contributed by atoms with Crippen LogP contribution in [0, 0.1) is 0 Å². The van der Waals surface area contributed by atoms with Gasteiger partial charge in [0.2, 0.25) is 5.91 Å². The predicted molar refractivity (Wildman–Crippen MR) is 79.2 cm³/mol. The number of pyridine rings is 1. The van der Waals surface area contributed by atoms with Crippen molar-refractivity contribution < 1.29 is 9.53 Å². The number of amides is 1. The van der Waals surface area contributed by atoms with Crippen LogP contribution in [0.25, 0.3) is 0 Å². The van der Waals surface area contributed by atoms with Gasteiger partial charge in [0.1, 0.15) is 0 Å². The number of carbonyl (C=O) groups excluding carboxylic acids is 1. The van der Waals surface area contributed by atoms with Gasteiger partial charge in [-0.15, -0.1) is 0 Å². The fourth-order valence-corrected chi connectivity index (χ4v) is 2.11. The van der Waals surface area contributed by atoms with E-state index in [2.05, 4.69) is 20.9 Å². The lowest BCUT2D eigenvalue weighted by molar-refractivity contribution is -0.132. The molecular weight excluding hydrogens is 308 g/mol. The summed E-state index contributed by atoms with van der Waals surface area (Å²) in [7, 11) is 1.65. The summed E-state index contributed by atoms with van der Waals surface area (Å²) in [5, 5.41) is 0.943. The van der Waals surface area contributed by atoms with E-state index < -0.39 is 0 Å². The molecule has 5 heteroatoms. The molecule has 0 aliphatic rings. The molecule has 0 atom stereocenters. The minimum atomic E-state index is 0.170. The molecule has 4 nitrogen and oxygen atoms in total. The highest BCUT2D eigenvalue weighted by Gasteiger charge is 2.13. The SMILES string of the molecule is COCCN(Cc1ccccn1)C(=O)CCCCBr. The molecule has 1 aromatic heterocycles. The second-order valence-corrected chi connectivity index (χ2v) is 5.07. The normalized spacial score (nSPS) is 10.4. The number of rotatable bonds is 9. The van der Waals surface area contributed by atoms with E-state index in [4.69, 9.17) is 4.74 Å². The molecule has 19 heavy (non-hydrogen) atoms. The molecular formula is C14H21BrN2O2. The number of methoxy groups -OCH3 is 1. The molecule has 0 spiro atoms. The molecule has 106 valence electrons. The second kappa shape index (κ2) is 9.92. The summed E-state index contributed by atoms with van der Waals surface area (Å²) < 4.78 is 5.06. The predicted octanol–water partition coefficient (Wildman–Crippen LogP) is 2.62. The number of aromatic nitrogens is 1. The lowest BCUT2D eigenvalue weighted by Crippen LogP contribution is -2.33. The highest BCUT2D eigenvalue weighted by atomic mass is 79.9. The molecule has 1 aromatic rings. The number of halogens is 1. The summed E-state index contributed by atoms with van der Waals surface area (Å²) in [6, 6.07) is 5.75. The third-order valence-corrected chi connectivity index (χ3v) is 3.33. The van der Waals surface area contributed by atoms with Gasteiger partial charge < -0.3 is 9.64 Å². The minimum Gasteiger partial charge on any atom is -0.383 e. The summed E-state index contributed by atoms with van der Waals surface area (Å²) in [5.74, 6) is 0.170. The highest BCUT2D eigenvalue weighted by Crippen LogP contribution is 2.07. The maximum Gasteiger partial charge on any atom is 0.222 e. The zero-order valence-electron chi connectivity index (χ0n) is 11.3. The number of hydrogen-bond acceptors (Lipinski definition) is 3. The van der Waals surface area contributed by atoms with E-state index in [1.54, 1.807) is 13.3 Å². The van der Waals surface area contributed by atoms with Crippen LogP contribution in [0.1, 0.15) is 25.0 Å². The quantitative estimate of drug-likeness (QED) is 0.517. The van der Waals surface area contributed by atoms with Gasteiger partial charge in [0, 0.05) is 31.6 Å². The van der Waals surface area contributed by atoms with Gasteiger partial charge in [0.25, 0.3) is 0 Å². The number of hydrogen-bond donors (Lipinski definition) is 0. The van der Waals surface area contributed by atoms with Crippen molar-refractivity contribution in [2.75, 3.05) is 25.6 Å². The topological polar surface area (TPSA) is 42.4 Å². The van der Waals surface area contributed by atoms with Gasteiger partial charge in [-0.05, 0) is 25.0 Å². The fraction of sp³-hybridized carbons (Fsp3) is 0.571. The average molecular weight is 329 g/mol. The van der Waals surface area contributed by atoms with Gasteiger partial charge in [-0.3, -0.25) is 9.78 Å². The van der Waals surface area contributed by atoms with Crippen LogP contribution in [-0.2, 0) is 16.1 Å². The van der Waals surface area contributed by atoms with Gasteiger partial charge in [0.05, 0.1) is 18.8 Å². The molecule has 0 bridgehead atoms. The molecule has 0 aromatic carbocycles. The Labute approximate surface area is 123 Å². The number of carbonyl (C=O) groups is 1. The Morgan fingerprint density at radius 1 is 1.42 bits per heavy atom. The average Bonchev–Trinajstić information content (AvgIpc) is 2.44. The number of unbranched alkanes of at least 4 members (excludes halogenated alkanes) is 1. The van der Waals surface area contributed by atoms with Gasteiger partial charge in [0.15, 0.2) is 0 Å². The van der Waals surface area contributed by atoms with E-state index in [-0.39, 0.29) is 5.91 Å². The van der Waals surface area contributed by atoms with Crippen molar-refractivity contribution in [1.29, 1.82) is 0 Å². The van der Waals surface area contributed by atoms with Crippen molar-refractivity contribution >= 4 is 21.8 Å². The minimum absolute atomic E-state index is 0.170. The van der Waals surface area contributed by atoms with E-state index in [9.17, 15) is 4.79 Å². The maximum absolute atomic E-state index is 12.2. The third-order valence-electron chi connectivity index (χ3n) is 2.77. The monoisotopic (exact) mass is 328 g/mol. The number of ether oxygens (including phenoxy) is 1. The standard InChI is InChI=1S/C14H21BrN2O2/c1-19-11-10-17(14(18)7-2-4-8-15)12-13-6-3-5-9-16-13/h3,5-6,9H,2,4,7-8,10-12H2,1H3. The Hall–Kier alpha value is -0.940. The Morgan fingerprint density at radius 3 is 2.89 bits per heavy atom. The first-order valence-electron chi connectivity index (χ1n) is 6.50. The van der Waals surface area contributed by atoms with E-state index in [1.807, 2.05) is 23.1 Å². The number of nitrogens with zero attached hydrogens (tertiary/aromatic N) is 2. The fourth-order valence-electron chi connectivity index (χ4n) is 1.71. The largest absolute Gasteiger partial charge is 0.383 e. The molecule has 0 fully saturated rings. The van der Waals surface area contributed by atoms with E-state index in [0.29, 0.717) is 26.1 Å². The Kier molecular flexibility index (Phi) is 8.41. The van der Waals surface area contributed by atoms with Crippen LogP contribution in [0.5, 0.6) is 0 Å². The molecule has 0 aliphatic heterocycles. The molecule has 0 radical (unpaired) electrons. The van der Waals surface area contributed by atoms with Crippen molar-refractivity contribution in [3.05, 3.63) is 30.1 Å². The molecule has 1 heterocycles. The van der Waals surface area contributed by atoms with Gasteiger partial charge in [-0.1, -0.05) is 22.0 Å². The van der Waals surface area contributed by atoms with Crippen molar-refractivity contribution in [3.8, 4) is 0 Å². The number of alkyl halides is 1. The summed E-state index contributed by atoms with van der Waals surface area (Å²) in [5.41, 5.74) is 0.910. The molecule has 0 saturated heterocycles. The first-order chi connectivity index (χ1) is 9.27. The van der Waals surface area contributed by atoms with Crippen LogP contribution in [0.4, 0.5) is 0 Å². The van der Waals surface area contributed by atoms with E-state index in [0.717, 1.165) is 23.9 Å². The van der Waals surface area contributed by atoms with E-state index >= 15 is 0 Å². The van der Waals surface area contributed by atoms with Crippen molar-refractivity contribution in [2.45, 2.75) is 25.8 Å². The van der Waals surface area contributed by atoms with Crippen molar-refractivity contribution in [1.82, 2.24) is 9.88 Å². The molecule has 1 amide bonds. The Balaban J connectivity index is 2.53. The van der Waals surface area contributed by atoms with Gasteiger partial charge in [-0.25, -0.2) is 0 Å². The van der Waals surface area contributed by atoms with Crippen molar-refractivity contribution in [2.24, 2.45) is 0 Å². The lowest BCUT2D eigenvalue weighted by atomic mass is 10.2. The summed E-state index contributed by atoms with van der Waals surface area (Å²) in [6.07, 6.45) is 4.27. The smallest absolute Gasteiger partial charge is 0.222 e. The second-order valence-electron chi connectivity index (χ2n) is 4.28. The van der Waals surface area contributed by atoms with Crippen molar-refractivity contribution in [3.63, 3.8) is 0 Å². The van der Waals surface area contributed by atoms with Gasteiger partial charge >= 0.3 is 0 Å². The van der Waals surface area contributed by atoms with Crippen LogP contribution in [0.3, 0.4) is 0 Å². The van der Waals surface area contributed by atoms with Crippen LogP contribution in [-0.4, -0.2) is 41.4 Å². The Bertz CT molecular complexity index is 360.